The lowest BCUT2D eigenvalue weighted by Gasteiger charge is -2.13. The van der Waals surface area contributed by atoms with Gasteiger partial charge in [-0.15, -0.1) is 0 Å². The van der Waals surface area contributed by atoms with Gasteiger partial charge in [-0.2, -0.15) is 5.10 Å². The number of H-pyrrole nitrogens is 1. The van der Waals surface area contributed by atoms with Gasteiger partial charge in [0.1, 0.15) is 0 Å². The number of aromatic nitrogens is 2. The maximum absolute atomic E-state index is 12.5. The second-order valence-electron chi connectivity index (χ2n) is 6.57. The van der Waals surface area contributed by atoms with Crippen LogP contribution in [0.4, 0.5) is 5.69 Å². The third-order valence-electron chi connectivity index (χ3n) is 4.53. The predicted molar refractivity (Wildman–Crippen MR) is 90.8 cm³/mol. The summed E-state index contributed by atoms with van der Waals surface area (Å²) in [5.74, 6) is 0.583. The van der Waals surface area contributed by atoms with Gasteiger partial charge in [-0.05, 0) is 36.5 Å². The molecule has 2 aromatic rings. The van der Waals surface area contributed by atoms with Crippen molar-refractivity contribution >= 4 is 11.6 Å². The molecule has 1 fully saturated rings. The van der Waals surface area contributed by atoms with Crippen LogP contribution in [0, 0.1) is 5.92 Å². The first-order valence-electron chi connectivity index (χ1n) is 8.54. The van der Waals surface area contributed by atoms with E-state index in [-0.39, 0.29) is 5.91 Å². The van der Waals surface area contributed by atoms with E-state index < -0.39 is 0 Å². The summed E-state index contributed by atoms with van der Waals surface area (Å²) in [5, 5.41) is 13.4. The molecule has 1 aromatic heterocycles. The molecule has 126 valence electrons. The lowest BCUT2D eigenvalue weighted by atomic mass is 10.1. The molecule has 2 heterocycles. The molecule has 1 amide bonds. The molecule has 0 radical (unpaired) electrons. The first kappa shape index (κ1) is 15.4. The number of fused-ring (bicyclic) bond motifs is 1. The summed E-state index contributed by atoms with van der Waals surface area (Å²) in [5.41, 5.74) is 4.35. The van der Waals surface area contributed by atoms with Crippen LogP contribution in [0.1, 0.15) is 40.2 Å². The normalized spacial score (nSPS) is 16.7. The van der Waals surface area contributed by atoms with Crippen LogP contribution in [0.15, 0.2) is 24.3 Å². The van der Waals surface area contributed by atoms with Crippen molar-refractivity contribution in [2.24, 2.45) is 5.92 Å². The van der Waals surface area contributed by atoms with E-state index in [1.54, 1.807) is 0 Å². The average molecular weight is 326 g/mol. The fourth-order valence-electron chi connectivity index (χ4n) is 2.97. The fraction of sp³-hybridized carbons (Fsp3) is 0.444. The van der Waals surface area contributed by atoms with E-state index in [1.807, 2.05) is 24.3 Å². The second kappa shape index (κ2) is 6.75. The number of rotatable bonds is 6. The number of ether oxygens (including phenoxy) is 1. The Kier molecular flexibility index (Phi) is 4.32. The molecule has 0 unspecified atom stereocenters. The molecule has 24 heavy (non-hydrogen) atoms. The molecule has 1 aliphatic carbocycles. The number of amides is 1. The topological polar surface area (TPSA) is 79.0 Å². The number of hydrogen-bond donors (Lipinski definition) is 3. The van der Waals surface area contributed by atoms with E-state index in [0.29, 0.717) is 18.8 Å². The van der Waals surface area contributed by atoms with Gasteiger partial charge in [0.25, 0.3) is 5.91 Å². The van der Waals surface area contributed by atoms with Crippen molar-refractivity contribution in [2.75, 3.05) is 18.5 Å². The van der Waals surface area contributed by atoms with Crippen LogP contribution >= 0.6 is 0 Å². The Balaban J connectivity index is 1.40. The van der Waals surface area contributed by atoms with Crippen LogP contribution < -0.4 is 10.6 Å². The largest absolute Gasteiger partial charge is 0.376 e. The molecule has 6 nitrogen and oxygen atoms in total. The number of benzene rings is 1. The zero-order valence-corrected chi connectivity index (χ0v) is 13.6. The molecular formula is C18H22N4O2. The van der Waals surface area contributed by atoms with Crippen LogP contribution in [0.5, 0.6) is 0 Å². The van der Waals surface area contributed by atoms with Gasteiger partial charge < -0.3 is 15.4 Å². The minimum atomic E-state index is -0.174. The van der Waals surface area contributed by atoms with Crippen LogP contribution in [0.25, 0.3) is 0 Å². The van der Waals surface area contributed by atoms with E-state index in [9.17, 15) is 4.79 Å². The van der Waals surface area contributed by atoms with E-state index >= 15 is 0 Å². The summed E-state index contributed by atoms with van der Waals surface area (Å²) < 4.78 is 5.71. The molecule has 0 saturated heterocycles. The molecule has 4 rings (SSSR count). The van der Waals surface area contributed by atoms with Crippen molar-refractivity contribution in [1.82, 2.24) is 15.5 Å². The van der Waals surface area contributed by atoms with E-state index in [2.05, 4.69) is 20.8 Å². The number of aromatic amines is 1. The number of carbonyl (C=O) groups is 1. The summed E-state index contributed by atoms with van der Waals surface area (Å²) in [7, 11) is 0. The Morgan fingerprint density at radius 1 is 1.38 bits per heavy atom. The number of carbonyl (C=O) groups excluding carboxylic acids is 1. The Morgan fingerprint density at radius 2 is 2.29 bits per heavy atom. The van der Waals surface area contributed by atoms with Crippen LogP contribution in [-0.2, 0) is 24.3 Å². The van der Waals surface area contributed by atoms with Gasteiger partial charge in [-0.1, -0.05) is 12.1 Å². The molecule has 6 heteroatoms. The highest BCUT2D eigenvalue weighted by atomic mass is 16.5. The zero-order chi connectivity index (χ0) is 16.4. The summed E-state index contributed by atoms with van der Waals surface area (Å²) in [6.07, 6.45) is 3.46. The molecular weight excluding hydrogens is 304 g/mol. The standard InChI is InChI=1S/C18H22N4O2/c23-18(17-15-9-19-7-6-16(15)21-22-17)20-14-3-1-2-13(8-14)11-24-10-12-4-5-12/h1-3,8,12,19H,4-7,9-11H2,(H,20,23)(H,21,22). The van der Waals surface area contributed by atoms with Gasteiger partial charge >= 0.3 is 0 Å². The quantitative estimate of drug-likeness (QED) is 0.760. The molecule has 0 spiro atoms. The van der Waals surface area contributed by atoms with E-state index in [1.165, 1.54) is 12.8 Å². The first-order valence-corrected chi connectivity index (χ1v) is 8.54. The lowest BCUT2D eigenvalue weighted by Crippen LogP contribution is -2.25. The molecule has 1 saturated carbocycles. The van der Waals surface area contributed by atoms with Crippen molar-refractivity contribution < 1.29 is 9.53 Å². The average Bonchev–Trinajstić information content (AvgIpc) is 3.31. The fourth-order valence-corrected chi connectivity index (χ4v) is 2.97. The Labute approximate surface area is 141 Å². The third kappa shape index (κ3) is 3.49. The molecule has 0 bridgehead atoms. The maximum Gasteiger partial charge on any atom is 0.276 e. The summed E-state index contributed by atoms with van der Waals surface area (Å²) in [4.78, 5) is 12.5. The van der Waals surface area contributed by atoms with Crippen LogP contribution in [0.2, 0.25) is 0 Å². The Hall–Kier alpha value is -2.18. The minimum Gasteiger partial charge on any atom is -0.376 e. The van der Waals surface area contributed by atoms with Crippen molar-refractivity contribution in [3.05, 3.63) is 46.8 Å². The third-order valence-corrected chi connectivity index (χ3v) is 4.53. The SMILES string of the molecule is O=C(Nc1cccc(COCC2CC2)c1)c1n[nH]c2c1CNCC2. The Bertz CT molecular complexity index is 736. The molecule has 1 aliphatic heterocycles. The first-order chi connectivity index (χ1) is 11.8. The molecule has 2 aliphatic rings. The summed E-state index contributed by atoms with van der Waals surface area (Å²) in [6.45, 7) is 3.02. The summed E-state index contributed by atoms with van der Waals surface area (Å²) >= 11 is 0. The zero-order valence-electron chi connectivity index (χ0n) is 13.6. The maximum atomic E-state index is 12.5. The van der Waals surface area contributed by atoms with Crippen molar-refractivity contribution in [3.8, 4) is 0 Å². The number of hydrogen-bond acceptors (Lipinski definition) is 4. The van der Waals surface area contributed by atoms with Gasteiger partial charge in [0.05, 0.1) is 6.61 Å². The van der Waals surface area contributed by atoms with Crippen molar-refractivity contribution in [3.63, 3.8) is 0 Å². The van der Waals surface area contributed by atoms with E-state index in [0.717, 1.165) is 48.0 Å². The van der Waals surface area contributed by atoms with Crippen molar-refractivity contribution in [1.29, 1.82) is 0 Å². The predicted octanol–water partition coefficient (Wildman–Crippen LogP) is 2.23. The second-order valence-corrected chi connectivity index (χ2v) is 6.57. The Morgan fingerprint density at radius 3 is 3.17 bits per heavy atom. The van der Waals surface area contributed by atoms with Gasteiger partial charge in [0.2, 0.25) is 0 Å². The highest BCUT2D eigenvalue weighted by Crippen LogP contribution is 2.29. The van der Waals surface area contributed by atoms with Gasteiger partial charge in [0, 0.05) is 43.1 Å². The van der Waals surface area contributed by atoms with Gasteiger partial charge in [0.15, 0.2) is 5.69 Å². The van der Waals surface area contributed by atoms with Gasteiger partial charge in [-0.3, -0.25) is 9.89 Å². The molecule has 1 aromatic carbocycles. The number of nitrogens with one attached hydrogen (secondary N) is 3. The highest BCUT2D eigenvalue weighted by molar-refractivity contribution is 6.04. The van der Waals surface area contributed by atoms with Crippen LogP contribution in [0.3, 0.4) is 0 Å². The lowest BCUT2D eigenvalue weighted by molar-refractivity contribution is 0.102. The minimum absolute atomic E-state index is 0.174. The van der Waals surface area contributed by atoms with Crippen LogP contribution in [-0.4, -0.2) is 29.3 Å². The summed E-state index contributed by atoms with van der Waals surface area (Å²) in [6, 6.07) is 7.80. The van der Waals surface area contributed by atoms with E-state index in [4.69, 9.17) is 4.74 Å². The molecule has 0 atom stereocenters. The van der Waals surface area contributed by atoms with Gasteiger partial charge in [-0.25, -0.2) is 0 Å². The molecule has 3 N–H and O–H groups in total. The van der Waals surface area contributed by atoms with Crippen molar-refractivity contribution in [2.45, 2.75) is 32.4 Å². The number of nitrogens with zero attached hydrogens (tertiary/aromatic N) is 1. The number of anilines is 1. The highest BCUT2D eigenvalue weighted by Gasteiger charge is 2.22. The smallest absolute Gasteiger partial charge is 0.276 e. The monoisotopic (exact) mass is 326 g/mol.